The average molecular weight is 357 g/mol. The molecule has 0 N–H and O–H groups in total. The van der Waals surface area contributed by atoms with Crippen LogP contribution in [0.1, 0.15) is 24.2 Å². The Morgan fingerprint density at radius 1 is 1.19 bits per heavy atom. The molecule has 0 bridgehead atoms. The van der Waals surface area contributed by atoms with Gasteiger partial charge in [-0.05, 0) is 48.7 Å². The van der Waals surface area contributed by atoms with Crippen molar-refractivity contribution in [2.24, 2.45) is 0 Å². The summed E-state index contributed by atoms with van der Waals surface area (Å²) in [6.07, 6.45) is 7.01. The number of benzene rings is 1. The molecule has 0 atom stereocenters. The van der Waals surface area contributed by atoms with E-state index in [-0.39, 0.29) is 11.9 Å². The second-order valence-electron chi connectivity index (χ2n) is 6.07. The smallest absolute Gasteiger partial charge is 0.247 e. The summed E-state index contributed by atoms with van der Waals surface area (Å²) >= 11 is 0. The lowest BCUT2D eigenvalue weighted by molar-refractivity contribution is -0.127. The highest BCUT2D eigenvalue weighted by Gasteiger charge is 2.32. The van der Waals surface area contributed by atoms with Gasteiger partial charge in [0.15, 0.2) is 11.5 Å². The Balaban J connectivity index is 1.78. The number of ether oxygens (including phenoxy) is 3. The van der Waals surface area contributed by atoms with Crippen LogP contribution in [-0.2, 0) is 11.3 Å². The van der Waals surface area contributed by atoms with E-state index in [4.69, 9.17) is 18.6 Å². The quantitative estimate of drug-likeness (QED) is 0.677. The van der Waals surface area contributed by atoms with E-state index in [9.17, 15) is 4.79 Å². The fourth-order valence-corrected chi connectivity index (χ4v) is 2.80. The molecule has 2 aromatic rings. The fourth-order valence-electron chi connectivity index (χ4n) is 2.80. The van der Waals surface area contributed by atoms with Gasteiger partial charge in [-0.15, -0.1) is 0 Å². The Morgan fingerprint density at radius 2 is 1.88 bits per heavy atom. The minimum absolute atomic E-state index is 0.0438. The molecule has 138 valence electrons. The number of amides is 1. The summed E-state index contributed by atoms with van der Waals surface area (Å²) in [5.74, 6) is 2.36. The van der Waals surface area contributed by atoms with Crippen LogP contribution in [0.5, 0.6) is 17.2 Å². The van der Waals surface area contributed by atoms with E-state index in [1.54, 1.807) is 51.9 Å². The third-order valence-corrected chi connectivity index (χ3v) is 4.28. The number of hydrogen-bond donors (Lipinski definition) is 0. The van der Waals surface area contributed by atoms with Gasteiger partial charge in [0.1, 0.15) is 5.76 Å². The molecule has 1 saturated carbocycles. The van der Waals surface area contributed by atoms with Crippen molar-refractivity contribution in [2.45, 2.75) is 25.4 Å². The highest BCUT2D eigenvalue weighted by molar-refractivity contribution is 5.92. The molecule has 0 unspecified atom stereocenters. The lowest BCUT2D eigenvalue weighted by atomic mass is 10.1. The fraction of sp³-hybridized carbons (Fsp3) is 0.350. The van der Waals surface area contributed by atoms with Gasteiger partial charge in [-0.25, -0.2) is 0 Å². The lowest BCUT2D eigenvalue weighted by Crippen LogP contribution is -2.30. The molecule has 1 fully saturated rings. The van der Waals surface area contributed by atoms with Gasteiger partial charge in [-0.3, -0.25) is 4.79 Å². The topological polar surface area (TPSA) is 61.1 Å². The van der Waals surface area contributed by atoms with E-state index in [1.165, 1.54) is 0 Å². The Kier molecular flexibility index (Phi) is 5.51. The van der Waals surface area contributed by atoms with Crippen LogP contribution in [-0.4, -0.2) is 38.2 Å². The molecule has 0 saturated heterocycles. The first-order valence-electron chi connectivity index (χ1n) is 8.47. The van der Waals surface area contributed by atoms with E-state index in [0.29, 0.717) is 23.8 Å². The van der Waals surface area contributed by atoms with Gasteiger partial charge >= 0.3 is 0 Å². The van der Waals surface area contributed by atoms with Crippen molar-refractivity contribution in [3.05, 3.63) is 47.9 Å². The number of carbonyl (C=O) groups excluding carboxylic acids is 1. The van der Waals surface area contributed by atoms with Crippen LogP contribution >= 0.6 is 0 Å². The van der Waals surface area contributed by atoms with Crippen molar-refractivity contribution in [1.82, 2.24) is 4.90 Å². The van der Waals surface area contributed by atoms with E-state index >= 15 is 0 Å². The summed E-state index contributed by atoms with van der Waals surface area (Å²) in [6, 6.07) is 7.61. The molecule has 1 aromatic carbocycles. The van der Waals surface area contributed by atoms with E-state index in [0.717, 1.165) is 24.2 Å². The van der Waals surface area contributed by atoms with E-state index < -0.39 is 0 Å². The minimum Gasteiger partial charge on any atom is -0.493 e. The Bertz CT molecular complexity index is 752. The van der Waals surface area contributed by atoms with Gasteiger partial charge in [0.2, 0.25) is 11.7 Å². The molecule has 1 aliphatic carbocycles. The first-order valence-corrected chi connectivity index (χ1v) is 8.47. The molecule has 1 amide bonds. The maximum Gasteiger partial charge on any atom is 0.247 e. The number of hydrogen-bond acceptors (Lipinski definition) is 5. The van der Waals surface area contributed by atoms with E-state index in [2.05, 4.69) is 0 Å². The number of nitrogens with zero attached hydrogens (tertiary/aromatic N) is 1. The van der Waals surface area contributed by atoms with Crippen molar-refractivity contribution in [2.75, 3.05) is 21.3 Å². The predicted octanol–water partition coefficient (Wildman–Crippen LogP) is 3.51. The summed E-state index contributed by atoms with van der Waals surface area (Å²) in [7, 11) is 4.68. The Hall–Kier alpha value is -2.89. The summed E-state index contributed by atoms with van der Waals surface area (Å²) in [5, 5.41) is 0. The normalized spacial score (nSPS) is 13.7. The second kappa shape index (κ2) is 7.99. The van der Waals surface area contributed by atoms with Gasteiger partial charge in [0.05, 0.1) is 34.1 Å². The molecule has 6 nitrogen and oxygen atoms in total. The average Bonchev–Trinajstić information content (AvgIpc) is 3.38. The summed E-state index contributed by atoms with van der Waals surface area (Å²) in [4.78, 5) is 14.5. The summed E-state index contributed by atoms with van der Waals surface area (Å²) < 4.78 is 21.4. The van der Waals surface area contributed by atoms with Crippen LogP contribution in [0, 0.1) is 0 Å². The third kappa shape index (κ3) is 4.02. The van der Waals surface area contributed by atoms with Crippen molar-refractivity contribution < 1.29 is 23.4 Å². The number of rotatable bonds is 8. The van der Waals surface area contributed by atoms with Crippen LogP contribution in [0.4, 0.5) is 0 Å². The SMILES string of the molecule is COc1cc(/C=C/C(=O)N(Cc2ccco2)C2CC2)cc(OC)c1OC. The summed E-state index contributed by atoms with van der Waals surface area (Å²) in [5.41, 5.74) is 0.793. The van der Waals surface area contributed by atoms with Crippen LogP contribution in [0.15, 0.2) is 41.0 Å². The maximum absolute atomic E-state index is 12.7. The zero-order valence-electron chi connectivity index (χ0n) is 15.2. The molecule has 0 radical (unpaired) electrons. The molecule has 1 aromatic heterocycles. The molecule has 26 heavy (non-hydrogen) atoms. The number of furan rings is 1. The van der Waals surface area contributed by atoms with Gasteiger partial charge in [0, 0.05) is 12.1 Å². The van der Waals surface area contributed by atoms with E-state index in [1.807, 2.05) is 17.0 Å². The van der Waals surface area contributed by atoms with Gasteiger partial charge in [0.25, 0.3) is 0 Å². The van der Waals surface area contributed by atoms with Crippen LogP contribution in [0.2, 0.25) is 0 Å². The number of methoxy groups -OCH3 is 3. The monoisotopic (exact) mass is 357 g/mol. The zero-order chi connectivity index (χ0) is 18.5. The zero-order valence-corrected chi connectivity index (χ0v) is 15.2. The first-order chi connectivity index (χ1) is 12.7. The van der Waals surface area contributed by atoms with Crippen molar-refractivity contribution in [1.29, 1.82) is 0 Å². The predicted molar refractivity (Wildman–Crippen MR) is 97.4 cm³/mol. The van der Waals surface area contributed by atoms with Crippen LogP contribution in [0.3, 0.4) is 0 Å². The third-order valence-electron chi connectivity index (χ3n) is 4.28. The highest BCUT2D eigenvalue weighted by Crippen LogP contribution is 2.38. The molecule has 3 rings (SSSR count). The molecular weight excluding hydrogens is 334 g/mol. The van der Waals surface area contributed by atoms with Gasteiger partial charge in [-0.2, -0.15) is 0 Å². The largest absolute Gasteiger partial charge is 0.493 e. The first kappa shape index (κ1) is 17.9. The second-order valence-corrected chi connectivity index (χ2v) is 6.07. The molecule has 1 heterocycles. The Labute approximate surface area is 152 Å². The van der Waals surface area contributed by atoms with Gasteiger partial charge < -0.3 is 23.5 Å². The lowest BCUT2D eigenvalue weighted by Gasteiger charge is -2.19. The van der Waals surface area contributed by atoms with Crippen LogP contribution < -0.4 is 14.2 Å². The standard InChI is InChI=1S/C20H23NO5/c1-23-17-11-14(12-18(24-2)20(17)25-3)6-9-19(22)21(15-7-8-15)13-16-5-4-10-26-16/h4-6,9-12,15H,7-8,13H2,1-3H3/b9-6+. The van der Waals surface area contributed by atoms with Crippen molar-refractivity contribution in [3.63, 3.8) is 0 Å². The molecule has 1 aliphatic rings. The maximum atomic E-state index is 12.7. The highest BCUT2D eigenvalue weighted by atomic mass is 16.5. The Morgan fingerprint density at radius 3 is 2.38 bits per heavy atom. The summed E-state index contributed by atoms with van der Waals surface area (Å²) in [6.45, 7) is 0.482. The van der Waals surface area contributed by atoms with Crippen molar-refractivity contribution >= 4 is 12.0 Å². The van der Waals surface area contributed by atoms with Gasteiger partial charge in [-0.1, -0.05) is 0 Å². The van der Waals surface area contributed by atoms with Crippen molar-refractivity contribution in [3.8, 4) is 17.2 Å². The molecule has 6 heteroatoms. The minimum atomic E-state index is -0.0438. The molecule has 0 aliphatic heterocycles. The number of carbonyl (C=O) groups is 1. The van der Waals surface area contributed by atoms with Crippen LogP contribution in [0.25, 0.3) is 6.08 Å². The molecule has 0 spiro atoms. The molecular formula is C20H23NO5.